The summed E-state index contributed by atoms with van der Waals surface area (Å²) in [6, 6.07) is 10.3. The first-order chi connectivity index (χ1) is 13.6. The molecule has 0 aromatic heterocycles. The normalized spacial score (nSPS) is 12.1. The van der Waals surface area contributed by atoms with Gasteiger partial charge in [-0.3, -0.25) is 4.79 Å². The smallest absolute Gasteiger partial charge is 0.338 e. The van der Waals surface area contributed by atoms with E-state index in [4.69, 9.17) is 23.7 Å². The van der Waals surface area contributed by atoms with Gasteiger partial charge in [0.25, 0.3) is 5.91 Å². The van der Waals surface area contributed by atoms with Crippen LogP contribution in [0.4, 0.5) is 0 Å². The van der Waals surface area contributed by atoms with Crippen molar-refractivity contribution in [3.05, 3.63) is 47.5 Å². The van der Waals surface area contributed by atoms with Crippen molar-refractivity contribution >= 4 is 11.9 Å². The lowest BCUT2D eigenvalue weighted by Crippen LogP contribution is -2.28. The van der Waals surface area contributed by atoms with Gasteiger partial charge >= 0.3 is 5.97 Å². The fourth-order valence-electron chi connectivity index (χ4n) is 2.64. The predicted molar refractivity (Wildman–Crippen MR) is 99.1 cm³/mol. The van der Waals surface area contributed by atoms with Crippen molar-refractivity contribution in [3.63, 3.8) is 0 Å². The van der Waals surface area contributed by atoms with Crippen molar-refractivity contribution in [3.8, 4) is 23.0 Å². The van der Waals surface area contributed by atoms with Crippen LogP contribution in [0.2, 0.25) is 0 Å². The number of fused-ring (bicyclic) bond motifs is 1. The first kappa shape index (κ1) is 19.3. The van der Waals surface area contributed by atoms with E-state index in [-0.39, 0.29) is 5.56 Å². The number of esters is 1. The second-order valence-electron chi connectivity index (χ2n) is 5.91. The van der Waals surface area contributed by atoms with Gasteiger partial charge in [0.1, 0.15) is 19.0 Å². The quantitative estimate of drug-likeness (QED) is 0.726. The number of hydrogen-bond acceptors (Lipinski definition) is 7. The van der Waals surface area contributed by atoms with Gasteiger partial charge in [-0.15, -0.1) is 0 Å². The minimum atomic E-state index is -0.660. The van der Waals surface area contributed by atoms with E-state index in [0.717, 1.165) is 5.56 Å². The summed E-state index contributed by atoms with van der Waals surface area (Å²) in [5.41, 5.74) is 1.08. The highest BCUT2D eigenvalue weighted by molar-refractivity contribution is 5.92. The minimum Gasteiger partial charge on any atom is -0.497 e. The molecular weight excluding hydrogens is 366 g/mol. The predicted octanol–water partition coefficient (Wildman–Crippen LogP) is 1.95. The number of carbonyl (C=O) groups excluding carboxylic acids is 2. The SMILES string of the molecule is COc1cccc(CNC(=O)COC(=O)c2cc(OC)c3c(c2)OCCO3)c1. The van der Waals surface area contributed by atoms with Crippen molar-refractivity contribution in [1.29, 1.82) is 0 Å². The van der Waals surface area contributed by atoms with Crippen LogP contribution in [0.25, 0.3) is 0 Å². The molecule has 1 amide bonds. The lowest BCUT2D eigenvalue weighted by atomic mass is 10.1. The average molecular weight is 387 g/mol. The fraction of sp³-hybridized carbons (Fsp3) is 0.300. The van der Waals surface area contributed by atoms with Gasteiger partial charge in [0.05, 0.1) is 19.8 Å². The summed E-state index contributed by atoms with van der Waals surface area (Å²) in [6.45, 7) is 0.674. The van der Waals surface area contributed by atoms with Crippen LogP contribution >= 0.6 is 0 Å². The number of ether oxygens (including phenoxy) is 5. The molecule has 0 spiro atoms. The number of methoxy groups -OCH3 is 2. The molecule has 2 aromatic carbocycles. The maximum atomic E-state index is 12.3. The van der Waals surface area contributed by atoms with Crippen LogP contribution in [0, 0.1) is 0 Å². The van der Waals surface area contributed by atoms with Gasteiger partial charge in [-0.05, 0) is 29.8 Å². The molecule has 1 heterocycles. The molecule has 0 unspecified atom stereocenters. The Balaban J connectivity index is 1.55. The second kappa shape index (κ2) is 8.98. The lowest BCUT2D eigenvalue weighted by Gasteiger charge is -2.21. The number of rotatable bonds is 7. The van der Waals surface area contributed by atoms with E-state index in [1.807, 2.05) is 24.3 Å². The fourth-order valence-corrected chi connectivity index (χ4v) is 2.64. The van der Waals surface area contributed by atoms with Gasteiger partial charge < -0.3 is 29.0 Å². The van der Waals surface area contributed by atoms with Crippen molar-refractivity contribution in [1.82, 2.24) is 5.32 Å². The largest absolute Gasteiger partial charge is 0.497 e. The van der Waals surface area contributed by atoms with Crippen LogP contribution in [0.1, 0.15) is 15.9 Å². The maximum Gasteiger partial charge on any atom is 0.338 e. The van der Waals surface area contributed by atoms with E-state index < -0.39 is 18.5 Å². The molecule has 1 aliphatic heterocycles. The Hall–Kier alpha value is -3.42. The Labute approximate surface area is 162 Å². The van der Waals surface area contributed by atoms with E-state index in [1.165, 1.54) is 19.2 Å². The van der Waals surface area contributed by atoms with Crippen molar-refractivity contribution < 1.29 is 33.3 Å². The lowest BCUT2D eigenvalue weighted by molar-refractivity contribution is -0.124. The van der Waals surface area contributed by atoms with Gasteiger partial charge in [0, 0.05) is 6.54 Å². The van der Waals surface area contributed by atoms with Gasteiger partial charge in [0.2, 0.25) is 5.75 Å². The van der Waals surface area contributed by atoms with Crippen LogP contribution in [-0.2, 0) is 16.1 Å². The highest BCUT2D eigenvalue weighted by Crippen LogP contribution is 2.40. The van der Waals surface area contributed by atoms with E-state index >= 15 is 0 Å². The van der Waals surface area contributed by atoms with E-state index in [0.29, 0.717) is 42.8 Å². The van der Waals surface area contributed by atoms with Gasteiger partial charge in [0.15, 0.2) is 18.1 Å². The van der Waals surface area contributed by atoms with Gasteiger partial charge in [-0.2, -0.15) is 0 Å². The monoisotopic (exact) mass is 387 g/mol. The summed E-state index contributed by atoms with van der Waals surface area (Å²) in [5, 5.41) is 2.69. The summed E-state index contributed by atoms with van der Waals surface area (Å²) in [7, 11) is 3.04. The number of nitrogens with one attached hydrogen (secondary N) is 1. The van der Waals surface area contributed by atoms with E-state index in [2.05, 4.69) is 5.32 Å². The summed E-state index contributed by atoms with van der Waals surface area (Å²) in [5.74, 6) is 0.839. The molecule has 1 aliphatic rings. The van der Waals surface area contributed by atoms with E-state index in [9.17, 15) is 9.59 Å². The Morgan fingerprint density at radius 3 is 2.68 bits per heavy atom. The number of carbonyl (C=O) groups is 2. The van der Waals surface area contributed by atoms with Crippen molar-refractivity contribution in [2.24, 2.45) is 0 Å². The molecule has 0 atom stereocenters. The molecule has 8 heteroatoms. The number of hydrogen-bond donors (Lipinski definition) is 1. The average Bonchev–Trinajstić information content (AvgIpc) is 2.75. The Morgan fingerprint density at radius 1 is 1.07 bits per heavy atom. The molecule has 8 nitrogen and oxygen atoms in total. The summed E-state index contributed by atoms with van der Waals surface area (Å²) in [6.07, 6.45) is 0. The molecule has 0 saturated carbocycles. The molecule has 0 fully saturated rings. The van der Waals surface area contributed by atoms with Crippen LogP contribution in [0.3, 0.4) is 0 Å². The molecule has 2 aromatic rings. The van der Waals surface area contributed by atoms with Gasteiger partial charge in [-0.1, -0.05) is 12.1 Å². The van der Waals surface area contributed by atoms with Gasteiger partial charge in [-0.25, -0.2) is 4.79 Å². The van der Waals surface area contributed by atoms with Crippen LogP contribution < -0.4 is 24.3 Å². The molecule has 0 saturated heterocycles. The Kier molecular flexibility index (Phi) is 6.21. The minimum absolute atomic E-state index is 0.210. The zero-order valence-corrected chi connectivity index (χ0v) is 15.7. The second-order valence-corrected chi connectivity index (χ2v) is 5.91. The van der Waals surface area contributed by atoms with Crippen molar-refractivity contribution in [2.75, 3.05) is 34.0 Å². The molecule has 0 bridgehead atoms. The summed E-state index contributed by atoms with van der Waals surface area (Å²) < 4.78 is 26.4. The summed E-state index contributed by atoms with van der Waals surface area (Å²) >= 11 is 0. The zero-order chi connectivity index (χ0) is 19.9. The third-order valence-corrected chi connectivity index (χ3v) is 4.02. The van der Waals surface area contributed by atoms with Crippen LogP contribution in [-0.4, -0.2) is 45.9 Å². The third kappa shape index (κ3) is 4.64. The molecule has 28 heavy (non-hydrogen) atoms. The summed E-state index contributed by atoms with van der Waals surface area (Å²) in [4.78, 5) is 24.3. The number of benzene rings is 2. The maximum absolute atomic E-state index is 12.3. The number of amides is 1. The topological polar surface area (TPSA) is 92.3 Å². The molecular formula is C20H21NO7. The van der Waals surface area contributed by atoms with E-state index in [1.54, 1.807) is 7.11 Å². The highest BCUT2D eigenvalue weighted by atomic mass is 16.6. The molecule has 3 rings (SSSR count). The molecule has 148 valence electrons. The zero-order valence-electron chi connectivity index (χ0n) is 15.7. The molecule has 0 radical (unpaired) electrons. The first-order valence-electron chi connectivity index (χ1n) is 8.65. The van der Waals surface area contributed by atoms with Crippen LogP contribution in [0.5, 0.6) is 23.0 Å². The molecule has 0 aliphatic carbocycles. The molecule has 1 N–H and O–H groups in total. The Bertz CT molecular complexity index is 848. The highest BCUT2D eigenvalue weighted by Gasteiger charge is 2.22. The Morgan fingerprint density at radius 2 is 1.89 bits per heavy atom. The third-order valence-electron chi connectivity index (χ3n) is 4.02. The van der Waals surface area contributed by atoms with Crippen molar-refractivity contribution in [2.45, 2.75) is 6.54 Å². The standard InChI is InChI=1S/C20H21NO7/c1-24-15-5-3-4-13(8-15)11-21-18(22)12-28-20(23)14-9-16(25-2)19-17(10-14)26-6-7-27-19/h3-5,8-10H,6-7,11-12H2,1-2H3,(H,21,22). The first-order valence-corrected chi connectivity index (χ1v) is 8.65. The van der Waals surface area contributed by atoms with Crippen LogP contribution in [0.15, 0.2) is 36.4 Å².